The monoisotopic (exact) mass is 393 g/mol. The SMILES string of the molecule is Cc1ccc(N2CCCS2(=O)=O)cc1NC(=O)C(=O)NC1CCCCCC1. The van der Waals surface area contributed by atoms with Crippen LogP contribution in [0.5, 0.6) is 0 Å². The van der Waals surface area contributed by atoms with E-state index in [1.54, 1.807) is 25.1 Å². The van der Waals surface area contributed by atoms with Crippen LogP contribution in [0, 0.1) is 6.92 Å². The Morgan fingerprint density at radius 3 is 2.37 bits per heavy atom. The van der Waals surface area contributed by atoms with Crippen LogP contribution in [0.25, 0.3) is 0 Å². The Bertz CT molecular complexity index is 814. The number of nitrogens with one attached hydrogen (secondary N) is 2. The second kappa shape index (κ2) is 8.29. The summed E-state index contributed by atoms with van der Waals surface area (Å²) in [5.41, 5.74) is 1.74. The zero-order valence-electron chi connectivity index (χ0n) is 15.7. The maximum atomic E-state index is 12.3. The van der Waals surface area contributed by atoms with Crippen LogP contribution in [0.4, 0.5) is 11.4 Å². The maximum absolute atomic E-state index is 12.3. The molecule has 148 valence electrons. The molecule has 2 fully saturated rings. The average Bonchev–Trinajstić information content (AvgIpc) is 2.82. The van der Waals surface area contributed by atoms with Gasteiger partial charge in [0, 0.05) is 18.3 Å². The number of hydrogen-bond donors (Lipinski definition) is 2. The smallest absolute Gasteiger partial charge is 0.313 e. The van der Waals surface area contributed by atoms with E-state index in [1.165, 1.54) is 17.1 Å². The maximum Gasteiger partial charge on any atom is 0.313 e. The lowest BCUT2D eigenvalue weighted by Crippen LogP contribution is -2.41. The van der Waals surface area contributed by atoms with Crippen molar-refractivity contribution in [3.05, 3.63) is 23.8 Å². The van der Waals surface area contributed by atoms with Gasteiger partial charge in [0.2, 0.25) is 10.0 Å². The van der Waals surface area contributed by atoms with Gasteiger partial charge in [0.15, 0.2) is 0 Å². The summed E-state index contributed by atoms with van der Waals surface area (Å²) in [6.45, 7) is 2.24. The molecule has 0 aromatic heterocycles. The summed E-state index contributed by atoms with van der Waals surface area (Å²) in [4.78, 5) is 24.6. The van der Waals surface area contributed by atoms with Crippen LogP contribution in [-0.2, 0) is 19.6 Å². The zero-order chi connectivity index (χ0) is 19.4. The molecule has 1 aromatic rings. The van der Waals surface area contributed by atoms with Crippen molar-refractivity contribution in [3.8, 4) is 0 Å². The van der Waals surface area contributed by atoms with Gasteiger partial charge >= 0.3 is 11.8 Å². The van der Waals surface area contributed by atoms with Crippen LogP contribution in [0.2, 0.25) is 0 Å². The van der Waals surface area contributed by atoms with Crippen LogP contribution in [0.15, 0.2) is 18.2 Å². The number of nitrogens with zero attached hydrogens (tertiary/aromatic N) is 1. The molecular formula is C19H27N3O4S. The quantitative estimate of drug-likeness (QED) is 0.608. The van der Waals surface area contributed by atoms with E-state index in [0.717, 1.165) is 31.2 Å². The molecule has 3 rings (SSSR count). The van der Waals surface area contributed by atoms with E-state index in [4.69, 9.17) is 0 Å². The van der Waals surface area contributed by atoms with E-state index < -0.39 is 21.8 Å². The minimum atomic E-state index is -3.30. The molecule has 0 spiro atoms. The summed E-state index contributed by atoms with van der Waals surface area (Å²) in [6, 6.07) is 5.14. The number of carbonyl (C=O) groups is 2. The van der Waals surface area contributed by atoms with Crippen LogP contribution in [0.1, 0.15) is 50.5 Å². The molecule has 8 heteroatoms. The molecule has 27 heavy (non-hydrogen) atoms. The van der Waals surface area contributed by atoms with Gasteiger partial charge in [-0.3, -0.25) is 13.9 Å². The highest BCUT2D eigenvalue weighted by molar-refractivity contribution is 7.93. The van der Waals surface area contributed by atoms with E-state index in [0.29, 0.717) is 24.3 Å². The number of carbonyl (C=O) groups excluding carboxylic acids is 2. The highest BCUT2D eigenvalue weighted by atomic mass is 32.2. The van der Waals surface area contributed by atoms with Crippen LogP contribution < -0.4 is 14.9 Å². The third-order valence-corrected chi connectivity index (χ3v) is 7.12. The molecule has 1 aliphatic heterocycles. The number of anilines is 2. The third kappa shape index (κ3) is 4.80. The molecule has 0 unspecified atom stereocenters. The molecule has 2 amide bonds. The van der Waals surface area contributed by atoms with Crippen molar-refractivity contribution in [3.63, 3.8) is 0 Å². The van der Waals surface area contributed by atoms with Gasteiger partial charge in [0.05, 0.1) is 11.4 Å². The molecule has 2 aliphatic rings. The Labute approximate surface area is 160 Å². The lowest BCUT2D eigenvalue weighted by atomic mass is 10.1. The summed E-state index contributed by atoms with van der Waals surface area (Å²) < 4.78 is 25.6. The summed E-state index contributed by atoms with van der Waals surface area (Å²) in [7, 11) is -3.30. The van der Waals surface area contributed by atoms with Gasteiger partial charge in [-0.25, -0.2) is 8.42 Å². The molecule has 1 aromatic carbocycles. The number of rotatable bonds is 3. The fourth-order valence-corrected chi connectivity index (χ4v) is 5.24. The Kier molecular flexibility index (Phi) is 6.04. The molecule has 1 aliphatic carbocycles. The second-order valence-corrected chi connectivity index (χ2v) is 9.37. The Hall–Kier alpha value is -2.09. The van der Waals surface area contributed by atoms with E-state index in [9.17, 15) is 18.0 Å². The van der Waals surface area contributed by atoms with Gasteiger partial charge in [-0.1, -0.05) is 31.7 Å². The summed E-state index contributed by atoms with van der Waals surface area (Å²) in [5.74, 6) is -1.23. The van der Waals surface area contributed by atoms with Crippen LogP contribution in [-0.4, -0.2) is 38.6 Å². The fraction of sp³-hybridized carbons (Fsp3) is 0.579. The van der Waals surface area contributed by atoms with Crippen molar-refractivity contribution in [1.29, 1.82) is 0 Å². The normalized spacial score (nSPS) is 20.1. The van der Waals surface area contributed by atoms with Crippen molar-refractivity contribution in [2.75, 3.05) is 21.9 Å². The first-order valence-corrected chi connectivity index (χ1v) is 11.2. The first-order chi connectivity index (χ1) is 12.9. The Balaban J connectivity index is 1.68. The topological polar surface area (TPSA) is 95.6 Å². The van der Waals surface area contributed by atoms with Crippen molar-refractivity contribution in [1.82, 2.24) is 5.32 Å². The van der Waals surface area contributed by atoms with Gasteiger partial charge in [0.1, 0.15) is 0 Å². The van der Waals surface area contributed by atoms with Crippen molar-refractivity contribution >= 4 is 33.2 Å². The van der Waals surface area contributed by atoms with Gasteiger partial charge in [-0.15, -0.1) is 0 Å². The zero-order valence-corrected chi connectivity index (χ0v) is 16.5. The molecule has 7 nitrogen and oxygen atoms in total. The van der Waals surface area contributed by atoms with E-state index in [1.807, 2.05) is 0 Å². The van der Waals surface area contributed by atoms with Gasteiger partial charge in [0.25, 0.3) is 0 Å². The van der Waals surface area contributed by atoms with Gasteiger partial charge in [-0.2, -0.15) is 0 Å². The van der Waals surface area contributed by atoms with Crippen molar-refractivity contribution < 1.29 is 18.0 Å². The number of hydrogen-bond acceptors (Lipinski definition) is 4. The molecular weight excluding hydrogens is 366 g/mol. The summed E-state index contributed by atoms with van der Waals surface area (Å²) in [6.07, 6.45) is 6.87. The van der Waals surface area contributed by atoms with E-state index >= 15 is 0 Å². The molecule has 1 heterocycles. The highest BCUT2D eigenvalue weighted by Crippen LogP contribution is 2.28. The van der Waals surface area contributed by atoms with Crippen LogP contribution >= 0.6 is 0 Å². The molecule has 1 saturated heterocycles. The summed E-state index contributed by atoms with van der Waals surface area (Å²) in [5, 5.41) is 5.46. The average molecular weight is 394 g/mol. The number of amides is 2. The lowest BCUT2D eigenvalue weighted by molar-refractivity contribution is -0.136. The Morgan fingerprint density at radius 2 is 1.74 bits per heavy atom. The van der Waals surface area contributed by atoms with Crippen molar-refractivity contribution in [2.45, 2.75) is 57.9 Å². The molecule has 0 radical (unpaired) electrons. The van der Waals surface area contributed by atoms with Gasteiger partial charge < -0.3 is 10.6 Å². The molecule has 0 atom stereocenters. The highest BCUT2D eigenvalue weighted by Gasteiger charge is 2.29. The minimum absolute atomic E-state index is 0.0490. The second-order valence-electron chi connectivity index (χ2n) is 7.36. The standard InChI is InChI=1S/C19H27N3O4S/c1-14-9-10-16(22-11-6-12-27(22,25)26)13-17(14)21-19(24)18(23)20-15-7-4-2-3-5-8-15/h9-10,13,15H,2-8,11-12H2,1H3,(H,20,23)(H,21,24). The van der Waals surface area contributed by atoms with Crippen molar-refractivity contribution in [2.24, 2.45) is 0 Å². The summed E-state index contributed by atoms with van der Waals surface area (Å²) >= 11 is 0. The molecule has 1 saturated carbocycles. The Morgan fingerprint density at radius 1 is 1.04 bits per heavy atom. The molecule has 0 bridgehead atoms. The van der Waals surface area contributed by atoms with Crippen LogP contribution in [0.3, 0.4) is 0 Å². The third-order valence-electron chi connectivity index (χ3n) is 5.25. The predicted molar refractivity (Wildman–Crippen MR) is 105 cm³/mol. The predicted octanol–water partition coefficient (Wildman–Crippen LogP) is 2.31. The number of aryl methyl sites for hydroxylation is 1. The van der Waals surface area contributed by atoms with Gasteiger partial charge in [-0.05, 0) is 43.9 Å². The first-order valence-electron chi connectivity index (χ1n) is 9.60. The fourth-order valence-electron chi connectivity index (χ4n) is 3.68. The molecule has 2 N–H and O–H groups in total. The minimum Gasteiger partial charge on any atom is -0.345 e. The van der Waals surface area contributed by atoms with E-state index in [2.05, 4.69) is 10.6 Å². The first kappa shape index (κ1) is 19.7. The number of sulfonamides is 1. The lowest BCUT2D eigenvalue weighted by Gasteiger charge is -2.19. The number of benzene rings is 1. The van der Waals surface area contributed by atoms with E-state index in [-0.39, 0.29) is 11.8 Å². The largest absolute Gasteiger partial charge is 0.345 e.